The molecule has 1 aliphatic rings. The molecule has 0 bridgehead atoms. The number of methoxy groups -OCH3 is 1. The zero-order valence-corrected chi connectivity index (χ0v) is 28.6. The first-order valence-corrected chi connectivity index (χ1v) is 16.4. The van der Waals surface area contributed by atoms with Crippen LogP contribution in [0.1, 0.15) is 55.2 Å². The van der Waals surface area contributed by atoms with Crippen molar-refractivity contribution in [2.75, 3.05) is 13.7 Å². The largest absolute Gasteiger partial charge is 0.496 e. The van der Waals surface area contributed by atoms with Gasteiger partial charge in [0.25, 0.3) is 5.56 Å². The Hall–Kier alpha value is -2.96. The van der Waals surface area contributed by atoms with Crippen LogP contribution in [0.3, 0.4) is 0 Å². The fraction of sp³-hybridized carbons (Fsp3) is 0.281. The molecule has 0 radical (unpaired) electrons. The molecule has 3 heterocycles. The molecule has 0 spiro atoms. The van der Waals surface area contributed by atoms with Crippen LogP contribution in [-0.2, 0) is 9.53 Å². The summed E-state index contributed by atoms with van der Waals surface area (Å²) in [5.74, 6) is 0.0884. The number of hydrogen-bond donors (Lipinski definition) is 0. The number of allylic oxidation sites excluding steroid dienone is 1. The second-order valence-corrected chi connectivity index (χ2v) is 13.1. The SMILES string of the molecule is CCCC1=C(C(=O)OCC)[C@@H](c2cc(Br)ccc2OC)n2c(s/c(=C/c3cc(C)n(-c4ccc(I)cc4)c3C)c2=O)=N1. The second-order valence-electron chi connectivity index (χ2n) is 9.94. The quantitative estimate of drug-likeness (QED) is 0.155. The minimum Gasteiger partial charge on any atom is -0.496 e. The minimum absolute atomic E-state index is 0.213. The van der Waals surface area contributed by atoms with Crippen LogP contribution in [0.25, 0.3) is 11.8 Å². The summed E-state index contributed by atoms with van der Waals surface area (Å²) in [6.07, 6.45) is 3.28. The molecule has 1 aliphatic heterocycles. The van der Waals surface area contributed by atoms with E-state index in [1.54, 1.807) is 18.6 Å². The van der Waals surface area contributed by atoms with Crippen molar-refractivity contribution < 1.29 is 14.3 Å². The number of fused-ring (bicyclic) bond motifs is 1. The monoisotopic (exact) mass is 759 g/mol. The van der Waals surface area contributed by atoms with E-state index < -0.39 is 12.0 Å². The number of aryl methyl sites for hydroxylation is 1. The Morgan fingerprint density at radius 2 is 1.88 bits per heavy atom. The van der Waals surface area contributed by atoms with Gasteiger partial charge in [-0.1, -0.05) is 40.6 Å². The summed E-state index contributed by atoms with van der Waals surface area (Å²) >= 11 is 7.20. The summed E-state index contributed by atoms with van der Waals surface area (Å²) in [6, 6.07) is 15.3. The summed E-state index contributed by atoms with van der Waals surface area (Å²) in [6.45, 7) is 8.14. The normalized spacial score (nSPS) is 15.0. The molecule has 7 nitrogen and oxygen atoms in total. The maximum absolute atomic E-state index is 14.2. The van der Waals surface area contributed by atoms with Crippen molar-refractivity contribution in [3.63, 3.8) is 0 Å². The highest BCUT2D eigenvalue weighted by Gasteiger charge is 2.36. The highest BCUT2D eigenvalue weighted by molar-refractivity contribution is 14.1. The van der Waals surface area contributed by atoms with Crippen LogP contribution in [0.2, 0.25) is 0 Å². The van der Waals surface area contributed by atoms with Gasteiger partial charge in [0.1, 0.15) is 11.8 Å². The second kappa shape index (κ2) is 12.7. The topological polar surface area (TPSA) is 74.8 Å². The number of carbonyl (C=O) groups excluding carboxylic acids is 1. The van der Waals surface area contributed by atoms with Crippen molar-refractivity contribution in [1.82, 2.24) is 9.13 Å². The summed E-state index contributed by atoms with van der Waals surface area (Å²) in [4.78, 5) is 33.2. The molecule has 10 heteroatoms. The molecule has 0 amide bonds. The number of carbonyl (C=O) groups is 1. The highest BCUT2D eigenvalue weighted by Crippen LogP contribution is 2.38. The van der Waals surface area contributed by atoms with Crippen LogP contribution in [0.5, 0.6) is 5.75 Å². The summed E-state index contributed by atoms with van der Waals surface area (Å²) in [7, 11) is 1.58. The molecule has 2 aromatic heterocycles. The number of thiazole rings is 1. The first-order chi connectivity index (χ1) is 20.2. The number of nitrogens with zero attached hydrogens (tertiary/aromatic N) is 3. The van der Waals surface area contributed by atoms with Gasteiger partial charge in [-0.05, 0) is 110 Å². The predicted octanol–water partition coefficient (Wildman–Crippen LogP) is 6.36. The fourth-order valence-electron chi connectivity index (χ4n) is 5.40. The first kappa shape index (κ1) is 30.5. The van der Waals surface area contributed by atoms with Crippen molar-refractivity contribution in [2.24, 2.45) is 4.99 Å². The lowest BCUT2D eigenvalue weighted by Crippen LogP contribution is -2.40. The Morgan fingerprint density at radius 1 is 1.14 bits per heavy atom. The Bertz CT molecular complexity index is 1890. The lowest BCUT2D eigenvalue weighted by molar-refractivity contribution is -0.139. The van der Waals surface area contributed by atoms with Gasteiger partial charge < -0.3 is 14.0 Å². The predicted molar refractivity (Wildman–Crippen MR) is 178 cm³/mol. The average Bonchev–Trinajstić information content (AvgIpc) is 3.42. The molecule has 218 valence electrons. The van der Waals surface area contributed by atoms with Crippen LogP contribution in [0.4, 0.5) is 0 Å². The molecule has 0 unspecified atom stereocenters. The third-order valence-electron chi connectivity index (χ3n) is 7.22. The van der Waals surface area contributed by atoms with Gasteiger partial charge in [-0.3, -0.25) is 9.36 Å². The maximum Gasteiger partial charge on any atom is 0.338 e. The average molecular weight is 760 g/mol. The van der Waals surface area contributed by atoms with Crippen LogP contribution in [0.15, 0.2) is 74.1 Å². The fourth-order valence-corrected chi connectivity index (χ4v) is 7.15. The number of benzene rings is 2. The van der Waals surface area contributed by atoms with Crippen LogP contribution >= 0.6 is 49.9 Å². The van der Waals surface area contributed by atoms with Crippen molar-refractivity contribution >= 4 is 61.9 Å². The van der Waals surface area contributed by atoms with E-state index in [0.717, 1.165) is 33.5 Å². The molecule has 0 fully saturated rings. The summed E-state index contributed by atoms with van der Waals surface area (Å²) in [5.41, 5.74) is 5.58. The first-order valence-electron chi connectivity index (χ1n) is 13.7. The third kappa shape index (κ3) is 5.68. The van der Waals surface area contributed by atoms with E-state index in [0.29, 0.717) is 38.3 Å². The lowest BCUT2D eigenvalue weighted by atomic mass is 9.93. The van der Waals surface area contributed by atoms with Crippen LogP contribution < -0.4 is 19.6 Å². The molecule has 42 heavy (non-hydrogen) atoms. The number of esters is 1. The zero-order chi connectivity index (χ0) is 30.1. The molecule has 0 saturated heterocycles. The lowest BCUT2D eigenvalue weighted by Gasteiger charge is -2.27. The van der Waals surface area contributed by atoms with E-state index >= 15 is 0 Å². The molecular formula is C32H31BrIN3O4S. The van der Waals surface area contributed by atoms with Gasteiger partial charge in [0.2, 0.25) is 0 Å². The summed E-state index contributed by atoms with van der Waals surface area (Å²) in [5, 5.41) is 0. The molecule has 1 atom stereocenters. The molecular weight excluding hydrogens is 729 g/mol. The van der Waals surface area contributed by atoms with Gasteiger partial charge in [0, 0.05) is 30.7 Å². The highest BCUT2D eigenvalue weighted by atomic mass is 127. The van der Waals surface area contributed by atoms with Crippen molar-refractivity contribution in [3.8, 4) is 11.4 Å². The van der Waals surface area contributed by atoms with Gasteiger partial charge in [0.05, 0.1) is 29.5 Å². The van der Waals surface area contributed by atoms with Crippen molar-refractivity contribution in [3.05, 3.63) is 110 Å². The maximum atomic E-state index is 14.2. The van der Waals surface area contributed by atoms with Crippen molar-refractivity contribution in [2.45, 2.75) is 46.6 Å². The van der Waals surface area contributed by atoms with E-state index in [9.17, 15) is 9.59 Å². The molecule has 5 rings (SSSR count). The van der Waals surface area contributed by atoms with Crippen LogP contribution in [-0.4, -0.2) is 28.8 Å². The Kier molecular flexibility index (Phi) is 9.24. The van der Waals surface area contributed by atoms with Gasteiger partial charge in [-0.15, -0.1) is 0 Å². The van der Waals surface area contributed by atoms with Gasteiger partial charge in [-0.2, -0.15) is 0 Å². The van der Waals surface area contributed by atoms with E-state index in [1.165, 1.54) is 14.9 Å². The van der Waals surface area contributed by atoms with Crippen LogP contribution in [0, 0.1) is 17.4 Å². The molecule has 0 N–H and O–H groups in total. The van der Waals surface area contributed by atoms with Gasteiger partial charge in [-0.25, -0.2) is 9.79 Å². The molecule has 4 aromatic rings. The van der Waals surface area contributed by atoms with Crippen molar-refractivity contribution in [1.29, 1.82) is 0 Å². The van der Waals surface area contributed by atoms with Gasteiger partial charge >= 0.3 is 5.97 Å². The number of ether oxygens (including phenoxy) is 2. The Balaban J connectivity index is 1.76. The molecule has 2 aromatic carbocycles. The van der Waals surface area contributed by atoms with Gasteiger partial charge in [0.15, 0.2) is 4.80 Å². The summed E-state index contributed by atoms with van der Waals surface area (Å²) < 4.78 is 17.6. The van der Waals surface area contributed by atoms with E-state index in [2.05, 4.69) is 87.3 Å². The van der Waals surface area contributed by atoms with E-state index in [-0.39, 0.29) is 12.2 Å². The molecule has 0 aliphatic carbocycles. The minimum atomic E-state index is -0.754. The smallest absolute Gasteiger partial charge is 0.338 e. The number of rotatable bonds is 8. The Morgan fingerprint density at radius 3 is 2.55 bits per heavy atom. The molecule has 0 saturated carbocycles. The Labute approximate surface area is 270 Å². The number of aromatic nitrogens is 2. The number of hydrogen-bond acceptors (Lipinski definition) is 6. The third-order valence-corrected chi connectivity index (χ3v) is 9.42. The van der Waals surface area contributed by atoms with E-state index in [4.69, 9.17) is 14.5 Å². The number of halogens is 2. The zero-order valence-electron chi connectivity index (χ0n) is 24.0. The standard InChI is InChI=1S/C32H31BrIN3O4S/c1-6-8-25-28(31(39)41-7-2)29(24-17-21(33)9-14-26(24)40-5)37-30(38)27(42-32(37)35-25)16-20-15-18(3)36(19(20)4)23-12-10-22(34)11-13-23/h9-17,29H,6-8H2,1-5H3/b27-16+/t29-/m1/s1. The van der Waals surface area contributed by atoms with E-state index in [1.807, 2.05) is 31.2 Å².